The van der Waals surface area contributed by atoms with Gasteiger partial charge in [0.25, 0.3) is 0 Å². The SMILES string of the molecule is COc1ccc(OCCN(C)[C@H](C)C(=O)Nc2ccccc2F)cc1. The highest BCUT2D eigenvalue weighted by molar-refractivity contribution is 5.94. The topological polar surface area (TPSA) is 50.8 Å². The molecule has 0 bridgehead atoms. The first-order valence-electron chi connectivity index (χ1n) is 8.03. The number of ether oxygens (including phenoxy) is 2. The molecule has 0 aliphatic carbocycles. The summed E-state index contributed by atoms with van der Waals surface area (Å²) in [4.78, 5) is 14.1. The molecular weight excluding hydrogens is 323 g/mol. The average Bonchev–Trinajstić information content (AvgIpc) is 2.63. The Morgan fingerprint density at radius 2 is 1.80 bits per heavy atom. The van der Waals surface area contributed by atoms with Crippen molar-refractivity contribution in [3.05, 3.63) is 54.3 Å². The maximum atomic E-state index is 13.6. The Hall–Kier alpha value is -2.60. The van der Waals surface area contributed by atoms with Crippen LogP contribution in [0.4, 0.5) is 10.1 Å². The number of para-hydroxylation sites is 1. The molecule has 1 amide bonds. The molecule has 6 heteroatoms. The molecule has 5 nitrogen and oxygen atoms in total. The van der Waals surface area contributed by atoms with Crippen molar-refractivity contribution in [3.8, 4) is 11.5 Å². The number of methoxy groups -OCH3 is 1. The number of hydrogen-bond acceptors (Lipinski definition) is 4. The molecule has 134 valence electrons. The van der Waals surface area contributed by atoms with Gasteiger partial charge in [0.2, 0.25) is 5.91 Å². The van der Waals surface area contributed by atoms with Crippen molar-refractivity contribution in [2.75, 3.05) is 32.6 Å². The Labute approximate surface area is 147 Å². The number of carbonyl (C=O) groups excluding carboxylic acids is 1. The lowest BCUT2D eigenvalue weighted by molar-refractivity contribution is -0.120. The van der Waals surface area contributed by atoms with Crippen molar-refractivity contribution < 1.29 is 18.7 Å². The number of benzene rings is 2. The summed E-state index contributed by atoms with van der Waals surface area (Å²) in [5, 5.41) is 2.60. The highest BCUT2D eigenvalue weighted by atomic mass is 19.1. The third-order valence-corrected chi connectivity index (χ3v) is 3.94. The molecule has 0 saturated carbocycles. The van der Waals surface area contributed by atoms with Crippen molar-refractivity contribution in [1.29, 1.82) is 0 Å². The van der Waals surface area contributed by atoms with Gasteiger partial charge < -0.3 is 14.8 Å². The second kappa shape index (κ2) is 9.03. The maximum Gasteiger partial charge on any atom is 0.241 e. The molecule has 0 aliphatic heterocycles. The molecule has 1 N–H and O–H groups in total. The fourth-order valence-electron chi connectivity index (χ4n) is 2.17. The van der Waals surface area contributed by atoms with E-state index >= 15 is 0 Å². The number of carbonyl (C=O) groups is 1. The quantitative estimate of drug-likeness (QED) is 0.798. The first-order chi connectivity index (χ1) is 12.0. The average molecular weight is 346 g/mol. The number of rotatable bonds is 8. The van der Waals surface area contributed by atoms with Crippen LogP contribution in [0, 0.1) is 5.82 Å². The van der Waals surface area contributed by atoms with E-state index in [9.17, 15) is 9.18 Å². The van der Waals surface area contributed by atoms with Gasteiger partial charge in [0.15, 0.2) is 0 Å². The van der Waals surface area contributed by atoms with E-state index in [1.807, 2.05) is 36.2 Å². The molecule has 0 fully saturated rings. The Bertz CT molecular complexity index is 691. The van der Waals surface area contributed by atoms with Crippen molar-refractivity contribution >= 4 is 11.6 Å². The molecule has 2 aromatic carbocycles. The summed E-state index contributed by atoms with van der Waals surface area (Å²) in [6.07, 6.45) is 0. The second-order valence-corrected chi connectivity index (χ2v) is 5.65. The zero-order valence-corrected chi connectivity index (χ0v) is 14.7. The molecular formula is C19H23FN2O3. The maximum absolute atomic E-state index is 13.6. The molecule has 0 unspecified atom stereocenters. The van der Waals surface area contributed by atoms with Gasteiger partial charge in [0, 0.05) is 6.54 Å². The Kier molecular flexibility index (Phi) is 6.77. The summed E-state index contributed by atoms with van der Waals surface area (Å²) in [5.41, 5.74) is 0.183. The van der Waals surface area contributed by atoms with Gasteiger partial charge in [-0.3, -0.25) is 9.69 Å². The zero-order valence-electron chi connectivity index (χ0n) is 14.7. The first kappa shape index (κ1) is 18.7. The van der Waals surface area contributed by atoms with E-state index < -0.39 is 11.9 Å². The molecule has 25 heavy (non-hydrogen) atoms. The van der Waals surface area contributed by atoms with Crippen LogP contribution in [0.25, 0.3) is 0 Å². The molecule has 0 spiro atoms. The lowest BCUT2D eigenvalue weighted by Gasteiger charge is -2.24. The van der Waals surface area contributed by atoms with Crippen molar-refractivity contribution in [2.45, 2.75) is 13.0 Å². The summed E-state index contributed by atoms with van der Waals surface area (Å²) < 4.78 is 24.3. The second-order valence-electron chi connectivity index (χ2n) is 5.65. The molecule has 1 atom stereocenters. The fraction of sp³-hybridized carbons (Fsp3) is 0.316. The summed E-state index contributed by atoms with van der Waals surface area (Å²) in [6, 6.07) is 13.0. The van der Waals surface area contributed by atoms with Crippen molar-refractivity contribution in [1.82, 2.24) is 4.90 Å². The Balaban J connectivity index is 1.79. The largest absolute Gasteiger partial charge is 0.497 e. The van der Waals surface area contributed by atoms with Crippen LogP contribution in [-0.2, 0) is 4.79 Å². The number of likely N-dealkylation sites (N-methyl/N-ethyl adjacent to an activating group) is 1. The van der Waals surface area contributed by atoms with Crippen LogP contribution in [-0.4, -0.2) is 44.2 Å². The number of anilines is 1. The molecule has 2 aromatic rings. The monoisotopic (exact) mass is 346 g/mol. The number of amides is 1. The van der Waals surface area contributed by atoms with E-state index in [-0.39, 0.29) is 11.6 Å². The van der Waals surface area contributed by atoms with Gasteiger partial charge in [-0.15, -0.1) is 0 Å². The Morgan fingerprint density at radius 3 is 2.44 bits per heavy atom. The van der Waals surface area contributed by atoms with Crippen LogP contribution in [0.2, 0.25) is 0 Å². The van der Waals surface area contributed by atoms with E-state index in [2.05, 4.69) is 5.32 Å². The normalized spacial score (nSPS) is 11.9. The minimum Gasteiger partial charge on any atom is -0.497 e. The van der Waals surface area contributed by atoms with Gasteiger partial charge >= 0.3 is 0 Å². The molecule has 0 saturated heterocycles. The van der Waals surface area contributed by atoms with Gasteiger partial charge in [-0.1, -0.05) is 12.1 Å². The number of nitrogens with zero attached hydrogens (tertiary/aromatic N) is 1. The van der Waals surface area contributed by atoms with Gasteiger partial charge in [0.1, 0.15) is 23.9 Å². The van der Waals surface area contributed by atoms with Crippen molar-refractivity contribution in [3.63, 3.8) is 0 Å². The lowest BCUT2D eigenvalue weighted by atomic mass is 10.2. The predicted molar refractivity (Wildman–Crippen MR) is 95.6 cm³/mol. The minimum atomic E-state index is -0.450. The predicted octanol–water partition coefficient (Wildman–Crippen LogP) is 3.17. The van der Waals surface area contributed by atoms with Crippen molar-refractivity contribution in [2.24, 2.45) is 0 Å². The van der Waals surface area contributed by atoms with E-state index in [0.717, 1.165) is 11.5 Å². The van der Waals surface area contributed by atoms with Gasteiger partial charge in [-0.2, -0.15) is 0 Å². The van der Waals surface area contributed by atoms with Gasteiger partial charge in [-0.25, -0.2) is 4.39 Å². The van der Waals surface area contributed by atoms with E-state index in [1.165, 1.54) is 12.1 Å². The van der Waals surface area contributed by atoms with Crippen LogP contribution in [0.1, 0.15) is 6.92 Å². The lowest BCUT2D eigenvalue weighted by Crippen LogP contribution is -2.41. The van der Waals surface area contributed by atoms with Crippen LogP contribution in [0.3, 0.4) is 0 Å². The fourth-order valence-corrected chi connectivity index (χ4v) is 2.17. The molecule has 2 rings (SSSR count). The highest BCUT2D eigenvalue weighted by Gasteiger charge is 2.19. The number of hydrogen-bond donors (Lipinski definition) is 1. The summed E-state index contributed by atoms with van der Waals surface area (Å²) in [7, 11) is 3.43. The third kappa shape index (κ3) is 5.46. The third-order valence-electron chi connectivity index (χ3n) is 3.94. The van der Waals surface area contributed by atoms with Crippen LogP contribution in [0.15, 0.2) is 48.5 Å². The van der Waals surface area contributed by atoms with E-state index in [0.29, 0.717) is 13.2 Å². The molecule has 0 radical (unpaired) electrons. The summed E-state index contributed by atoms with van der Waals surface area (Å²) >= 11 is 0. The summed E-state index contributed by atoms with van der Waals surface area (Å²) in [6.45, 7) is 2.75. The number of nitrogens with one attached hydrogen (secondary N) is 1. The zero-order chi connectivity index (χ0) is 18.2. The van der Waals surface area contributed by atoms with Crippen LogP contribution >= 0.6 is 0 Å². The molecule has 0 heterocycles. The van der Waals surface area contributed by atoms with Crippen LogP contribution < -0.4 is 14.8 Å². The Morgan fingerprint density at radius 1 is 1.16 bits per heavy atom. The van der Waals surface area contributed by atoms with E-state index in [1.54, 1.807) is 26.2 Å². The molecule has 0 aromatic heterocycles. The number of halogens is 1. The highest BCUT2D eigenvalue weighted by Crippen LogP contribution is 2.17. The smallest absolute Gasteiger partial charge is 0.241 e. The first-order valence-corrected chi connectivity index (χ1v) is 8.03. The van der Waals surface area contributed by atoms with E-state index in [4.69, 9.17) is 9.47 Å². The van der Waals surface area contributed by atoms with Gasteiger partial charge in [0.05, 0.1) is 18.8 Å². The molecule has 0 aliphatic rings. The minimum absolute atomic E-state index is 0.183. The standard InChI is InChI=1S/C19H23FN2O3/c1-14(19(23)21-18-7-5-4-6-17(18)20)22(2)12-13-25-16-10-8-15(24-3)9-11-16/h4-11,14H,12-13H2,1-3H3,(H,21,23)/t14-/m1/s1. The van der Waals surface area contributed by atoms with Crippen LogP contribution in [0.5, 0.6) is 11.5 Å². The summed E-state index contributed by atoms with van der Waals surface area (Å²) in [5.74, 6) is 0.783. The van der Waals surface area contributed by atoms with Gasteiger partial charge in [-0.05, 0) is 50.4 Å².